The summed E-state index contributed by atoms with van der Waals surface area (Å²) in [6.45, 7) is 2.81. The Balaban J connectivity index is 1.69. The van der Waals surface area contributed by atoms with E-state index in [1.165, 1.54) is 19.9 Å². The molecule has 0 aliphatic carbocycles. The average molecular weight is 426 g/mol. The van der Waals surface area contributed by atoms with Crippen LogP contribution in [0.2, 0.25) is 0 Å². The van der Waals surface area contributed by atoms with Gasteiger partial charge in [-0.1, -0.05) is 6.07 Å². The zero-order valence-corrected chi connectivity index (χ0v) is 15.7. The van der Waals surface area contributed by atoms with E-state index in [0.29, 0.717) is 0 Å². The fourth-order valence-electron chi connectivity index (χ4n) is 2.51. The van der Waals surface area contributed by atoms with Gasteiger partial charge in [0.15, 0.2) is 5.69 Å². The number of alkyl halides is 3. The second-order valence-electron chi connectivity index (χ2n) is 6.43. The number of benzene rings is 2. The van der Waals surface area contributed by atoms with E-state index in [4.69, 9.17) is 9.15 Å². The first-order valence-corrected chi connectivity index (χ1v) is 8.61. The van der Waals surface area contributed by atoms with Gasteiger partial charge in [0.25, 0.3) is 5.91 Å². The Morgan fingerprint density at radius 2 is 1.83 bits per heavy atom. The second-order valence-corrected chi connectivity index (χ2v) is 6.43. The van der Waals surface area contributed by atoms with Crippen molar-refractivity contribution < 1.29 is 35.9 Å². The van der Waals surface area contributed by atoms with E-state index in [-0.39, 0.29) is 22.6 Å². The number of hydrogen-bond acceptors (Lipinski definition) is 4. The molecule has 0 radical (unpaired) electrons. The lowest BCUT2D eigenvalue weighted by molar-refractivity contribution is -0.137. The normalized spacial score (nSPS) is 12.5. The highest BCUT2D eigenvalue weighted by atomic mass is 19.4. The lowest BCUT2D eigenvalue weighted by Crippen LogP contribution is -2.27. The van der Waals surface area contributed by atoms with Gasteiger partial charge >= 0.3 is 12.3 Å². The van der Waals surface area contributed by atoms with E-state index in [9.17, 15) is 26.7 Å². The molecule has 1 heterocycles. The molecule has 0 spiro atoms. The lowest BCUT2D eigenvalue weighted by atomic mass is 10.1. The topological polar surface area (TPSA) is 64.4 Å². The quantitative estimate of drug-likeness (QED) is 0.543. The Hall–Kier alpha value is -3.43. The zero-order valence-electron chi connectivity index (χ0n) is 15.7. The highest BCUT2D eigenvalue weighted by Gasteiger charge is 2.30. The van der Waals surface area contributed by atoms with Crippen molar-refractivity contribution in [3.05, 3.63) is 76.7 Å². The predicted molar refractivity (Wildman–Crippen MR) is 95.0 cm³/mol. The van der Waals surface area contributed by atoms with E-state index in [1.54, 1.807) is 0 Å². The van der Waals surface area contributed by atoms with Crippen LogP contribution in [0.15, 0.2) is 47.1 Å². The summed E-state index contributed by atoms with van der Waals surface area (Å²) >= 11 is 0. The molecule has 1 atom stereocenters. The number of halogens is 5. The van der Waals surface area contributed by atoms with Crippen LogP contribution in [-0.2, 0) is 6.18 Å². The molecule has 0 unspecified atom stereocenters. The van der Waals surface area contributed by atoms with Crippen molar-refractivity contribution in [1.29, 1.82) is 0 Å². The number of nitrogens with zero attached hydrogens (tertiary/aromatic N) is 1. The van der Waals surface area contributed by atoms with Gasteiger partial charge in [-0.25, -0.2) is 8.78 Å². The van der Waals surface area contributed by atoms with Crippen molar-refractivity contribution in [1.82, 2.24) is 10.3 Å². The summed E-state index contributed by atoms with van der Waals surface area (Å²) in [4.78, 5) is 16.1. The molecule has 30 heavy (non-hydrogen) atoms. The predicted octanol–water partition coefficient (Wildman–Crippen LogP) is 5.56. The van der Waals surface area contributed by atoms with E-state index in [0.717, 1.165) is 36.6 Å². The molecule has 1 aromatic heterocycles. The van der Waals surface area contributed by atoms with Gasteiger partial charge in [-0.05, 0) is 49.7 Å². The van der Waals surface area contributed by atoms with Crippen LogP contribution in [0.1, 0.15) is 40.1 Å². The van der Waals surface area contributed by atoms with Gasteiger partial charge in [-0.2, -0.15) is 18.2 Å². The van der Waals surface area contributed by atoms with E-state index in [1.807, 2.05) is 0 Å². The standard InChI is InChI=1S/C20H15F5N2O3/c1-10-15(21)6-12(7-16(10)22)11(2)26-18(28)17-9-29-19(27-17)30-14-5-3-4-13(8-14)20(23,24)25/h3-9,11H,1-2H3,(H,26,28)/t11-/m1/s1. The summed E-state index contributed by atoms with van der Waals surface area (Å²) in [6, 6.07) is 5.50. The molecule has 158 valence electrons. The van der Waals surface area contributed by atoms with E-state index >= 15 is 0 Å². The fraction of sp³-hybridized carbons (Fsp3) is 0.200. The third-order valence-electron chi connectivity index (χ3n) is 4.23. The lowest BCUT2D eigenvalue weighted by Gasteiger charge is -2.14. The molecule has 0 saturated heterocycles. The first-order chi connectivity index (χ1) is 14.0. The Morgan fingerprint density at radius 1 is 1.17 bits per heavy atom. The molecule has 0 aliphatic rings. The Morgan fingerprint density at radius 3 is 2.47 bits per heavy atom. The summed E-state index contributed by atoms with van der Waals surface area (Å²) in [5.41, 5.74) is -1.08. The number of ether oxygens (including phenoxy) is 1. The Labute approximate surface area is 167 Å². The van der Waals surface area contributed by atoms with Gasteiger partial charge < -0.3 is 14.5 Å². The maximum Gasteiger partial charge on any atom is 0.416 e. The largest absolute Gasteiger partial charge is 0.416 e. The van der Waals surface area contributed by atoms with Gasteiger partial charge in [-0.15, -0.1) is 0 Å². The maximum atomic E-state index is 13.7. The van der Waals surface area contributed by atoms with Crippen molar-refractivity contribution in [3.8, 4) is 11.8 Å². The molecule has 0 fully saturated rings. The van der Waals surface area contributed by atoms with Crippen LogP contribution in [-0.4, -0.2) is 10.9 Å². The number of aromatic nitrogens is 1. The molecule has 10 heteroatoms. The smallest absolute Gasteiger partial charge is 0.416 e. The van der Waals surface area contributed by atoms with Crippen LogP contribution in [0.3, 0.4) is 0 Å². The van der Waals surface area contributed by atoms with Gasteiger partial charge in [0.05, 0.1) is 11.6 Å². The monoisotopic (exact) mass is 426 g/mol. The van der Waals surface area contributed by atoms with Crippen molar-refractivity contribution in [2.24, 2.45) is 0 Å². The van der Waals surface area contributed by atoms with Crippen LogP contribution >= 0.6 is 0 Å². The number of nitrogens with one attached hydrogen (secondary N) is 1. The van der Waals surface area contributed by atoms with E-state index < -0.39 is 41.4 Å². The van der Waals surface area contributed by atoms with Crippen molar-refractivity contribution in [2.45, 2.75) is 26.1 Å². The zero-order chi connectivity index (χ0) is 22.1. The number of amides is 1. The summed E-state index contributed by atoms with van der Waals surface area (Å²) in [7, 11) is 0. The number of rotatable bonds is 5. The van der Waals surface area contributed by atoms with Gasteiger partial charge in [0, 0.05) is 5.56 Å². The molecule has 1 amide bonds. The van der Waals surface area contributed by atoms with Gasteiger partial charge in [0.1, 0.15) is 23.6 Å². The van der Waals surface area contributed by atoms with Gasteiger partial charge in [-0.3, -0.25) is 4.79 Å². The molecule has 3 aromatic rings. The molecule has 0 bridgehead atoms. The van der Waals surface area contributed by atoms with Crippen molar-refractivity contribution in [2.75, 3.05) is 0 Å². The van der Waals surface area contributed by atoms with Crippen LogP contribution in [0, 0.1) is 18.6 Å². The van der Waals surface area contributed by atoms with Crippen molar-refractivity contribution in [3.63, 3.8) is 0 Å². The third-order valence-corrected chi connectivity index (χ3v) is 4.23. The van der Waals surface area contributed by atoms with Crippen LogP contribution in [0.5, 0.6) is 11.8 Å². The molecule has 0 saturated carbocycles. The molecule has 1 N–H and O–H groups in total. The molecule has 0 aliphatic heterocycles. The third kappa shape index (κ3) is 4.76. The molecule has 3 rings (SSSR count). The summed E-state index contributed by atoms with van der Waals surface area (Å²) in [6.07, 6.45) is -4.05. The average Bonchev–Trinajstić information content (AvgIpc) is 3.13. The highest BCUT2D eigenvalue weighted by molar-refractivity contribution is 5.92. The van der Waals surface area contributed by atoms with Crippen LogP contribution in [0.4, 0.5) is 22.0 Å². The molecule has 2 aromatic carbocycles. The number of carbonyl (C=O) groups excluding carboxylic acids is 1. The number of hydrogen-bond donors (Lipinski definition) is 1. The molecular formula is C20H15F5N2O3. The molecular weight excluding hydrogens is 411 g/mol. The number of oxazole rings is 1. The Kier molecular flexibility index (Phi) is 5.77. The van der Waals surface area contributed by atoms with Crippen molar-refractivity contribution >= 4 is 5.91 Å². The molecule has 5 nitrogen and oxygen atoms in total. The maximum absolute atomic E-state index is 13.7. The van der Waals surface area contributed by atoms with Crippen LogP contribution < -0.4 is 10.1 Å². The summed E-state index contributed by atoms with van der Waals surface area (Å²) < 4.78 is 75.8. The minimum Gasteiger partial charge on any atom is -0.416 e. The minimum absolute atomic E-state index is 0.134. The van der Waals surface area contributed by atoms with Crippen LogP contribution in [0.25, 0.3) is 0 Å². The first-order valence-electron chi connectivity index (χ1n) is 8.61. The van der Waals surface area contributed by atoms with Gasteiger partial charge in [0.2, 0.25) is 0 Å². The first kappa shape index (κ1) is 21.3. The number of carbonyl (C=O) groups is 1. The minimum atomic E-state index is -4.55. The van der Waals surface area contributed by atoms with E-state index in [2.05, 4.69) is 10.3 Å². The summed E-state index contributed by atoms with van der Waals surface area (Å²) in [5.74, 6) is -2.40. The SMILES string of the molecule is Cc1c(F)cc([C@@H](C)NC(=O)c2coc(Oc3cccc(C(F)(F)F)c3)n2)cc1F. The highest BCUT2D eigenvalue weighted by Crippen LogP contribution is 2.32. The second kappa shape index (κ2) is 8.13. The Bertz CT molecular complexity index is 1060. The summed E-state index contributed by atoms with van der Waals surface area (Å²) in [5, 5.41) is 2.49. The fourth-order valence-corrected chi connectivity index (χ4v) is 2.51.